The summed E-state index contributed by atoms with van der Waals surface area (Å²) in [7, 11) is 1.49. The molecule has 2 aromatic rings. The summed E-state index contributed by atoms with van der Waals surface area (Å²) in [5.74, 6) is 0.418. The van der Waals surface area contributed by atoms with Crippen LogP contribution in [0.2, 0.25) is 5.02 Å². The highest BCUT2D eigenvalue weighted by atomic mass is 35.5. The quantitative estimate of drug-likeness (QED) is 0.727. The molecule has 1 aliphatic heterocycles. The van der Waals surface area contributed by atoms with E-state index in [1.165, 1.54) is 13.2 Å². The van der Waals surface area contributed by atoms with E-state index >= 15 is 0 Å². The van der Waals surface area contributed by atoms with Gasteiger partial charge in [0, 0.05) is 23.6 Å². The Kier molecular flexibility index (Phi) is 5.67. The highest BCUT2D eigenvalue weighted by Crippen LogP contribution is 2.25. The Morgan fingerprint density at radius 3 is 2.93 bits per heavy atom. The van der Waals surface area contributed by atoms with Crippen LogP contribution in [0.3, 0.4) is 0 Å². The number of aromatic nitrogens is 2. The molecule has 2 heterocycles. The minimum absolute atomic E-state index is 0.0461. The molecule has 2 amide bonds. The maximum Gasteiger partial charge on any atom is 0.260 e. The van der Waals surface area contributed by atoms with Gasteiger partial charge in [-0.15, -0.1) is 0 Å². The van der Waals surface area contributed by atoms with Gasteiger partial charge in [-0.25, -0.2) is 4.68 Å². The molecule has 2 unspecified atom stereocenters. The van der Waals surface area contributed by atoms with Gasteiger partial charge in [-0.3, -0.25) is 14.9 Å². The van der Waals surface area contributed by atoms with Crippen LogP contribution in [0.4, 0.5) is 5.82 Å². The van der Waals surface area contributed by atoms with Crippen molar-refractivity contribution in [1.82, 2.24) is 20.4 Å². The van der Waals surface area contributed by atoms with Gasteiger partial charge < -0.3 is 15.4 Å². The van der Waals surface area contributed by atoms with E-state index in [0.717, 1.165) is 6.42 Å². The minimum Gasteiger partial charge on any atom is -0.496 e. The Morgan fingerprint density at radius 1 is 1.44 bits per heavy atom. The second-order valence-corrected chi connectivity index (χ2v) is 6.80. The van der Waals surface area contributed by atoms with Crippen molar-refractivity contribution < 1.29 is 14.3 Å². The molecule has 2 atom stereocenters. The van der Waals surface area contributed by atoms with Crippen molar-refractivity contribution in [3.05, 3.63) is 40.5 Å². The average molecular weight is 392 g/mol. The average Bonchev–Trinajstić information content (AvgIpc) is 3.01. The van der Waals surface area contributed by atoms with Gasteiger partial charge in [0.05, 0.1) is 18.4 Å². The predicted molar refractivity (Wildman–Crippen MR) is 102 cm³/mol. The molecule has 0 bridgehead atoms. The lowest BCUT2D eigenvalue weighted by atomic mass is 10.1. The number of carbonyl (C=O) groups is 2. The van der Waals surface area contributed by atoms with Crippen molar-refractivity contribution >= 4 is 29.2 Å². The van der Waals surface area contributed by atoms with Crippen molar-refractivity contribution in [3.8, 4) is 5.75 Å². The number of benzene rings is 1. The Balaban J connectivity index is 1.87. The van der Waals surface area contributed by atoms with Crippen LogP contribution in [0.1, 0.15) is 42.1 Å². The van der Waals surface area contributed by atoms with Gasteiger partial charge in [0.25, 0.3) is 5.91 Å². The molecular formula is C18H22ClN5O3. The Morgan fingerprint density at radius 2 is 2.22 bits per heavy atom. The van der Waals surface area contributed by atoms with E-state index < -0.39 is 6.29 Å². The number of hydrogen-bond donors (Lipinski definition) is 3. The van der Waals surface area contributed by atoms with Gasteiger partial charge in [0.1, 0.15) is 11.6 Å². The van der Waals surface area contributed by atoms with Crippen molar-refractivity contribution in [3.63, 3.8) is 0 Å². The predicted octanol–water partition coefficient (Wildman–Crippen LogP) is 2.45. The minimum atomic E-state index is -0.540. The van der Waals surface area contributed by atoms with E-state index in [2.05, 4.69) is 21.0 Å². The molecule has 0 spiro atoms. The van der Waals surface area contributed by atoms with Crippen LogP contribution in [-0.2, 0) is 4.79 Å². The zero-order chi connectivity index (χ0) is 19.6. The van der Waals surface area contributed by atoms with Crippen LogP contribution in [0.15, 0.2) is 24.3 Å². The number of ether oxygens (including phenoxy) is 1. The van der Waals surface area contributed by atoms with E-state index in [4.69, 9.17) is 16.3 Å². The molecule has 1 fully saturated rings. The molecule has 0 saturated carbocycles. The molecule has 8 nitrogen and oxygen atoms in total. The van der Waals surface area contributed by atoms with E-state index in [9.17, 15) is 9.59 Å². The molecule has 1 saturated heterocycles. The maximum absolute atomic E-state index is 12.8. The van der Waals surface area contributed by atoms with Gasteiger partial charge >= 0.3 is 0 Å². The molecule has 27 heavy (non-hydrogen) atoms. The lowest BCUT2D eigenvalue weighted by Gasteiger charge is -2.31. The number of nitrogens with one attached hydrogen (secondary N) is 3. The fraction of sp³-hybridized carbons (Fsp3) is 0.389. The third kappa shape index (κ3) is 4.23. The van der Waals surface area contributed by atoms with Gasteiger partial charge in [0.15, 0.2) is 6.29 Å². The van der Waals surface area contributed by atoms with E-state index in [1.807, 2.05) is 13.8 Å². The van der Waals surface area contributed by atoms with Crippen LogP contribution >= 0.6 is 11.6 Å². The van der Waals surface area contributed by atoms with Crippen LogP contribution < -0.4 is 20.7 Å². The molecule has 0 aliphatic carbocycles. The summed E-state index contributed by atoms with van der Waals surface area (Å²) in [6.07, 6.45) is 0.682. The third-order valence-electron chi connectivity index (χ3n) is 4.37. The lowest BCUT2D eigenvalue weighted by Crippen LogP contribution is -2.53. The summed E-state index contributed by atoms with van der Waals surface area (Å²) in [6.45, 7) is 3.82. The standard InChI is InChI=1S/C18H22ClN5O3/c1-4-12-9-16(25)22-18(20-12)24-15(7-10(2)23-24)21-17(26)13-8-11(19)5-6-14(13)27-3/h5-8,12,18,20H,4,9H2,1-3H3,(H,21,26)(H,22,25). The topological polar surface area (TPSA) is 97.3 Å². The third-order valence-corrected chi connectivity index (χ3v) is 4.60. The highest BCUT2D eigenvalue weighted by molar-refractivity contribution is 6.31. The number of carbonyl (C=O) groups excluding carboxylic acids is 2. The number of halogens is 1. The molecular weight excluding hydrogens is 370 g/mol. The molecule has 0 radical (unpaired) electrons. The van der Waals surface area contributed by atoms with Gasteiger partial charge in [-0.2, -0.15) is 5.10 Å². The maximum atomic E-state index is 12.8. The van der Waals surface area contributed by atoms with E-state index in [1.54, 1.807) is 22.9 Å². The highest BCUT2D eigenvalue weighted by Gasteiger charge is 2.28. The second kappa shape index (κ2) is 7.98. The first-order valence-corrected chi connectivity index (χ1v) is 9.05. The SMILES string of the molecule is CCC1CC(=O)NC(n2nc(C)cc2NC(=O)c2cc(Cl)ccc2OC)N1. The normalized spacial score (nSPS) is 19.5. The van der Waals surface area contributed by atoms with Crippen LogP contribution in [0.5, 0.6) is 5.75 Å². The summed E-state index contributed by atoms with van der Waals surface area (Å²) in [6, 6.07) is 6.60. The number of hydrogen-bond acceptors (Lipinski definition) is 5. The van der Waals surface area contributed by atoms with Crippen molar-refractivity contribution in [2.24, 2.45) is 0 Å². The molecule has 3 N–H and O–H groups in total. The van der Waals surface area contributed by atoms with Crippen molar-refractivity contribution in [2.45, 2.75) is 39.0 Å². The molecule has 1 aromatic carbocycles. The van der Waals surface area contributed by atoms with Crippen LogP contribution in [-0.4, -0.2) is 34.7 Å². The summed E-state index contributed by atoms with van der Waals surface area (Å²) in [5, 5.41) is 13.8. The Bertz CT molecular complexity index is 867. The molecule has 1 aliphatic rings. The smallest absolute Gasteiger partial charge is 0.260 e. The first-order valence-electron chi connectivity index (χ1n) is 8.67. The van der Waals surface area contributed by atoms with E-state index in [-0.39, 0.29) is 17.9 Å². The first-order chi connectivity index (χ1) is 12.9. The fourth-order valence-electron chi connectivity index (χ4n) is 3.00. The Labute approximate surface area is 162 Å². The molecule has 9 heteroatoms. The first kappa shape index (κ1) is 19.2. The largest absolute Gasteiger partial charge is 0.496 e. The number of anilines is 1. The fourth-order valence-corrected chi connectivity index (χ4v) is 3.17. The lowest BCUT2D eigenvalue weighted by molar-refractivity contribution is -0.125. The monoisotopic (exact) mass is 391 g/mol. The molecule has 1 aromatic heterocycles. The number of rotatable bonds is 5. The Hall–Kier alpha value is -2.58. The van der Waals surface area contributed by atoms with Crippen molar-refractivity contribution in [1.29, 1.82) is 0 Å². The number of aryl methyl sites for hydroxylation is 1. The zero-order valence-electron chi connectivity index (χ0n) is 15.4. The molecule has 144 valence electrons. The van der Waals surface area contributed by atoms with Crippen molar-refractivity contribution in [2.75, 3.05) is 12.4 Å². The summed E-state index contributed by atoms with van der Waals surface area (Å²) < 4.78 is 6.80. The van der Waals surface area contributed by atoms with Gasteiger partial charge in [-0.05, 0) is 31.5 Å². The van der Waals surface area contributed by atoms with Gasteiger partial charge in [-0.1, -0.05) is 18.5 Å². The number of methoxy groups -OCH3 is 1. The summed E-state index contributed by atoms with van der Waals surface area (Å²) in [5.41, 5.74) is 1.01. The van der Waals surface area contributed by atoms with Crippen LogP contribution in [0.25, 0.3) is 0 Å². The zero-order valence-corrected chi connectivity index (χ0v) is 16.1. The molecule has 3 rings (SSSR count). The van der Waals surface area contributed by atoms with Crippen LogP contribution in [0, 0.1) is 6.92 Å². The summed E-state index contributed by atoms with van der Waals surface area (Å²) in [4.78, 5) is 24.8. The summed E-state index contributed by atoms with van der Waals surface area (Å²) >= 11 is 6.02. The van der Waals surface area contributed by atoms with Gasteiger partial charge in [0.2, 0.25) is 5.91 Å². The second-order valence-electron chi connectivity index (χ2n) is 6.36. The number of nitrogens with zero attached hydrogens (tertiary/aromatic N) is 2. The van der Waals surface area contributed by atoms with E-state index in [0.29, 0.717) is 34.3 Å². The number of amides is 2.